The number of hydrogen-bond acceptors (Lipinski definition) is 4. The Morgan fingerprint density at radius 2 is 1.95 bits per heavy atom. The molecule has 3 N–H and O–H groups in total. The molecule has 0 aromatic carbocycles. The molecule has 6 nitrogen and oxygen atoms in total. The van der Waals surface area contributed by atoms with Gasteiger partial charge in [-0.3, -0.25) is 9.59 Å². The topological polar surface area (TPSA) is 84.7 Å². The van der Waals surface area contributed by atoms with Gasteiger partial charge in [-0.05, 0) is 12.3 Å². The van der Waals surface area contributed by atoms with Gasteiger partial charge in [0.15, 0.2) is 0 Å². The number of methoxy groups -OCH3 is 1. The van der Waals surface area contributed by atoms with Crippen molar-refractivity contribution in [3.63, 3.8) is 0 Å². The zero-order valence-electron chi connectivity index (χ0n) is 12.1. The average Bonchev–Trinajstić information content (AvgIpc) is 2.32. The average molecular weight is 296 g/mol. The predicted molar refractivity (Wildman–Crippen MR) is 77.2 cm³/mol. The van der Waals surface area contributed by atoms with Gasteiger partial charge in [-0.2, -0.15) is 0 Å². The molecule has 0 fully saturated rings. The zero-order valence-corrected chi connectivity index (χ0v) is 13.0. The molecular formula is C12H26ClN3O3. The van der Waals surface area contributed by atoms with Gasteiger partial charge in [0.2, 0.25) is 11.8 Å². The van der Waals surface area contributed by atoms with Crippen molar-refractivity contribution in [2.24, 2.45) is 11.7 Å². The van der Waals surface area contributed by atoms with Crippen molar-refractivity contribution in [2.75, 3.05) is 33.9 Å². The highest BCUT2D eigenvalue weighted by molar-refractivity contribution is 5.87. The summed E-state index contributed by atoms with van der Waals surface area (Å²) in [5, 5.41) is 2.72. The SMILES string of the molecule is COCCCNC(=O)CN(C)C(=O)[C@@H](N)C(C)C.Cl. The number of carbonyl (C=O) groups is 2. The number of halogens is 1. The molecule has 19 heavy (non-hydrogen) atoms. The van der Waals surface area contributed by atoms with Crippen LogP contribution in [0.3, 0.4) is 0 Å². The van der Waals surface area contributed by atoms with Gasteiger partial charge in [0.25, 0.3) is 0 Å². The molecule has 1 atom stereocenters. The molecule has 7 heteroatoms. The van der Waals surface area contributed by atoms with Gasteiger partial charge in [0.05, 0.1) is 12.6 Å². The molecular weight excluding hydrogens is 270 g/mol. The molecule has 0 aliphatic carbocycles. The lowest BCUT2D eigenvalue weighted by molar-refractivity contribution is -0.136. The molecule has 0 heterocycles. The largest absolute Gasteiger partial charge is 0.385 e. The van der Waals surface area contributed by atoms with E-state index in [1.165, 1.54) is 4.90 Å². The summed E-state index contributed by atoms with van der Waals surface area (Å²) < 4.78 is 4.87. The van der Waals surface area contributed by atoms with E-state index in [2.05, 4.69) is 5.32 Å². The van der Waals surface area contributed by atoms with Crippen LogP contribution in [-0.2, 0) is 14.3 Å². The fourth-order valence-corrected chi connectivity index (χ4v) is 1.33. The molecule has 0 saturated heterocycles. The lowest BCUT2D eigenvalue weighted by Crippen LogP contribution is -2.48. The van der Waals surface area contributed by atoms with E-state index in [1.54, 1.807) is 14.2 Å². The van der Waals surface area contributed by atoms with Crippen LogP contribution in [0.2, 0.25) is 0 Å². The number of amides is 2. The first-order valence-electron chi connectivity index (χ1n) is 6.16. The summed E-state index contributed by atoms with van der Waals surface area (Å²) in [6.07, 6.45) is 0.755. The van der Waals surface area contributed by atoms with Gasteiger partial charge in [-0.1, -0.05) is 13.8 Å². The van der Waals surface area contributed by atoms with Crippen LogP contribution in [0.1, 0.15) is 20.3 Å². The summed E-state index contributed by atoms with van der Waals surface area (Å²) in [6, 6.07) is -0.559. The minimum Gasteiger partial charge on any atom is -0.385 e. The second kappa shape index (κ2) is 11.0. The molecule has 0 unspecified atom stereocenters. The van der Waals surface area contributed by atoms with Crippen LogP contribution < -0.4 is 11.1 Å². The van der Waals surface area contributed by atoms with Crippen molar-refractivity contribution in [3.8, 4) is 0 Å². The quantitative estimate of drug-likeness (QED) is 0.618. The summed E-state index contributed by atoms with van der Waals surface area (Å²) in [5.74, 6) is -0.334. The van der Waals surface area contributed by atoms with Crippen molar-refractivity contribution in [1.29, 1.82) is 0 Å². The summed E-state index contributed by atoms with van der Waals surface area (Å²) >= 11 is 0. The summed E-state index contributed by atoms with van der Waals surface area (Å²) in [5.41, 5.74) is 5.74. The standard InChI is InChI=1S/C12H25N3O3.ClH/c1-9(2)11(13)12(17)15(3)8-10(16)14-6-5-7-18-4;/h9,11H,5-8,13H2,1-4H3,(H,14,16);1H/t11-;/m0./s1. The van der Waals surface area contributed by atoms with Gasteiger partial charge >= 0.3 is 0 Å². The maximum absolute atomic E-state index is 11.8. The van der Waals surface area contributed by atoms with Gasteiger partial charge in [0.1, 0.15) is 0 Å². The molecule has 0 aromatic heterocycles. The summed E-state index contributed by atoms with van der Waals surface area (Å²) in [7, 11) is 3.20. The molecule has 0 aliphatic heterocycles. The maximum atomic E-state index is 11.8. The van der Waals surface area contributed by atoms with E-state index >= 15 is 0 Å². The lowest BCUT2D eigenvalue weighted by atomic mass is 10.0. The van der Waals surface area contributed by atoms with Crippen LogP contribution in [0, 0.1) is 5.92 Å². The normalized spacial score (nSPS) is 11.7. The third kappa shape index (κ3) is 8.80. The minimum absolute atomic E-state index is 0. The van der Waals surface area contributed by atoms with E-state index in [9.17, 15) is 9.59 Å². The zero-order chi connectivity index (χ0) is 14.1. The van der Waals surface area contributed by atoms with E-state index in [0.717, 1.165) is 6.42 Å². The van der Waals surface area contributed by atoms with Crippen LogP contribution in [0.25, 0.3) is 0 Å². The fraction of sp³-hybridized carbons (Fsp3) is 0.833. The molecule has 0 radical (unpaired) electrons. The highest BCUT2D eigenvalue weighted by Gasteiger charge is 2.22. The van der Waals surface area contributed by atoms with Crippen molar-refractivity contribution in [2.45, 2.75) is 26.3 Å². The number of rotatable bonds is 8. The van der Waals surface area contributed by atoms with Crippen LogP contribution in [0.15, 0.2) is 0 Å². The van der Waals surface area contributed by atoms with E-state index in [0.29, 0.717) is 13.2 Å². The van der Waals surface area contributed by atoms with Gasteiger partial charge in [-0.15, -0.1) is 12.4 Å². The van der Waals surface area contributed by atoms with E-state index < -0.39 is 6.04 Å². The van der Waals surface area contributed by atoms with Crippen molar-refractivity contribution in [1.82, 2.24) is 10.2 Å². The Kier molecular flexibility index (Phi) is 11.9. The predicted octanol–water partition coefficient (Wildman–Crippen LogP) is 0.00260. The van der Waals surface area contributed by atoms with Crippen molar-refractivity contribution >= 4 is 24.2 Å². The smallest absolute Gasteiger partial charge is 0.239 e. The lowest BCUT2D eigenvalue weighted by Gasteiger charge is -2.22. The Bertz CT molecular complexity index is 275. The number of hydrogen-bond donors (Lipinski definition) is 2. The summed E-state index contributed by atoms with van der Waals surface area (Å²) in [4.78, 5) is 24.7. The Morgan fingerprint density at radius 3 is 2.42 bits per heavy atom. The first kappa shape index (κ1) is 20.5. The van der Waals surface area contributed by atoms with Gasteiger partial charge in [-0.25, -0.2) is 0 Å². The number of nitrogens with zero attached hydrogens (tertiary/aromatic N) is 1. The van der Waals surface area contributed by atoms with Gasteiger partial charge in [0, 0.05) is 27.3 Å². The molecule has 2 amide bonds. The van der Waals surface area contributed by atoms with Crippen LogP contribution in [0.5, 0.6) is 0 Å². The summed E-state index contributed by atoms with van der Waals surface area (Å²) in [6.45, 7) is 4.94. The minimum atomic E-state index is -0.559. The van der Waals surface area contributed by atoms with E-state index in [4.69, 9.17) is 10.5 Å². The molecule has 0 aromatic rings. The Labute approximate surface area is 121 Å². The maximum Gasteiger partial charge on any atom is 0.239 e. The molecule has 0 aliphatic rings. The van der Waals surface area contributed by atoms with Crippen molar-refractivity contribution in [3.05, 3.63) is 0 Å². The molecule has 0 bridgehead atoms. The number of nitrogens with one attached hydrogen (secondary N) is 1. The van der Waals surface area contributed by atoms with E-state index in [1.807, 2.05) is 13.8 Å². The highest BCUT2D eigenvalue weighted by atomic mass is 35.5. The van der Waals surface area contributed by atoms with Crippen molar-refractivity contribution < 1.29 is 14.3 Å². The molecule has 0 saturated carbocycles. The highest BCUT2D eigenvalue weighted by Crippen LogP contribution is 2.01. The third-order valence-corrected chi connectivity index (χ3v) is 2.61. The van der Waals surface area contributed by atoms with Gasteiger partial charge < -0.3 is 20.7 Å². The van der Waals surface area contributed by atoms with Crippen LogP contribution in [-0.4, -0.2) is 56.6 Å². The van der Waals surface area contributed by atoms with E-state index in [-0.39, 0.29) is 36.7 Å². The number of nitrogens with two attached hydrogens (primary N) is 1. The Balaban J connectivity index is 0. The molecule has 114 valence electrons. The Morgan fingerprint density at radius 1 is 1.37 bits per heavy atom. The first-order chi connectivity index (χ1) is 8.40. The second-order valence-electron chi connectivity index (χ2n) is 4.66. The number of carbonyl (C=O) groups excluding carboxylic acids is 2. The molecule has 0 rings (SSSR count). The monoisotopic (exact) mass is 295 g/mol. The fourth-order valence-electron chi connectivity index (χ4n) is 1.33. The van der Waals surface area contributed by atoms with Crippen LogP contribution in [0.4, 0.5) is 0 Å². The third-order valence-electron chi connectivity index (χ3n) is 2.61. The second-order valence-corrected chi connectivity index (χ2v) is 4.66. The number of ether oxygens (including phenoxy) is 1. The molecule has 0 spiro atoms. The number of likely N-dealkylation sites (N-methyl/N-ethyl adjacent to an activating group) is 1. The Hall–Kier alpha value is -0.850. The van der Waals surface area contributed by atoms with Crippen LogP contribution >= 0.6 is 12.4 Å². The first-order valence-corrected chi connectivity index (χ1v) is 6.16.